The van der Waals surface area contributed by atoms with Gasteiger partial charge in [0.25, 0.3) is 0 Å². The molecule has 0 spiro atoms. The Hall–Kier alpha value is -1.82. The molecule has 6 heteroatoms. The Morgan fingerprint density at radius 3 is 2.47 bits per heavy atom. The van der Waals surface area contributed by atoms with Crippen LogP contribution in [0.1, 0.15) is 43.3 Å². The fraction of sp³-hybridized carbons (Fsp3) is 0.385. The molecule has 1 N–H and O–H groups in total. The van der Waals surface area contributed by atoms with Gasteiger partial charge in [0.15, 0.2) is 0 Å². The number of benzene rings is 1. The van der Waals surface area contributed by atoms with Crippen molar-refractivity contribution in [2.75, 3.05) is 0 Å². The smallest absolute Gasteiger partial charge is 0.233 e. The summed E-state index contributed by atoms with van der Waals surface area (Å²) in [5.41, 5.74) is 0.393. The number of aromatic nitrogens is 2. The van der Waals surface area contributed by atoms with Crippen molar-refractivity contribution in [1.82, 2.24) is 15.5 Å². The van der Waals surface area contributed by atoms with Gasteiger partial charge in [0.1, 0.15) is 11.6 Å². The van der Waals surface area contributed by atoms with Gasteiger partial charge >= 0.3 is 0 Å². The molecule has 0 bridgehead atoms. The molecule has 0 amide bonds. The minimum atomic E-state index is -0.589. The van der Waals surface area contributed by atoms with E-state index in [2.05, 4.69) is 15.5 Å². The van der Waals surface area contributed by atoms with Crippen molar-refractivity contribution in [1.29, 1.82) is 0 Å². The molecule has 0 unspecified atom stereocenters. The van der Waals surface area contributed by atoms with E-state index >= 15 is 0 Å². The molecule has 0 aliphatic rings. The highest BCUT2D eigenvalue weighted by atomic mass is 19.1. The molecule has 2 aromatic rings. The largest absolute Gasteiger partial charge is 0.424 e. The standard InChI is InChI=1S/C13H15F2N3O/c1-7(11-5-4-10(14)6-12(11)15)16-8(2)13-18-17-9(3)19-13/h4-8,16H,1-3H3/t7-,8-/m1/s1. The average molecular weight is 267 g/mol. The van der Waals surface area contributed by atoms with E-state index in [1.807, 2.05) is 6.92 Å². The molecule has 19 heavy (non-hydrogen) atoms. The van der Waals surface area contributed by atoms with Crippen molar-refractivity contribution in [3.8, 4) is 0 Å². The second-order valence-corrected chi connectivity index (χ2v) is 4.44. The number of hydrogen-bond donors (Lipinski definition) is 1. The third-order valence-electron chi connectivity index (χ3n) is 2.84. The van der Waals surface area contributed by atoms with E-state index in [0.29, 0.717) is 17.3 Å². The summed E-state index contributed by atoms with van der Waals surface area (Å²) in [4.78, 5) is 0. The summed E-state index contributed by atoms with van der Waals surface area (Å²) in [6.07, 6.45) is 0. The zero-order valence-electron chi connectivity index (χ0n) is 10.9. The Bertz CT molecular complexity index is 571. The topological polar surface area (TPSA) is 51.0 Å². The fourth-order valence-electron chi connectivity index (χ4n) is 1.88. The number of nitrogens with one attached hydrogen (secondary N) is 1. The lowest BCUT2D eigenvalue weighted by Gasteiger charge is -2.18. The second-order valence-electron chi connectivity index (χ2n) is 4.44. The first kappa shape index (κ1) is 13.6. The molecule has 102 valence electrons. The molecule has 1 aromatic heterocycles. The summed E-state index contributed by atoms with van der Waals surface area (Å²) >= 11 is 0. The normalized spacial score (nSPS) is 14.4. The maximum atomic E-state index is 13.6. The summed E-state index contributed by atoms with van der Waals surface area (Å²) in [6, 6.07) is 3.00. The maximum absolute atomic E-state index is 13.6. The molecule has 1 heterocycles. The number of halogens is 2. The zero-order chi connectivity index (χ0) is 14.0. The predicted molar refractivity (Wildman–Crippen MR) is 65.4 cm³/mol. The molecule has 0 aliphatic heterocycles. The average Bonchev–Trinajstić information content (AvgIpc) is 2.75. The highest BCUT2D eigenvalue weighted by molar-refractivity contribution is 5.21. The summed E-state index contributed by atoms with van der Waals surface area (Å²) in [7, 11) is 0. The third-order valence-corrected chi connectivity index (χ3v) is 2.84. The van der Waals surface area contributed by atoms with E-state index in [-0.39, 0.29) is 12.1 Å². The van der Waals surface area contributed by atoms with Crippen molar-refractivity contribution in [3.63, 3.8) is 0 Å². The highest BCUT2D eigenvalue weighted by Gasteiger charge is 2.18. The third kappa shape index (κ3) is 3.14. The Morgan fingerprint density at radius 1 is 1.16 bits per heavy atom. The van der Waals surface area contributed by atoms with E-state index in [1.54, 1.807) is 13.8 Å². The van der Waals surface area contributed by atoms with Crippen LogP contribution in [0.2, 0.25) is 0 Å². The molecule has 4 nitrogen and oxygen atoms in total. The first-order valence-electron chi connectivity index (χ1n) is 5.98. The number of hydrogen-bond acceptors (Lipinski definition) is 4. The predicted octanol–water partition coefficient (Wildman–Crippen LogP) is 3.07. The van der Waals surface area contributed by atoms with Crippen molar-refractivity contribution < 1.29 is 13.2 Å². The lowest BCUT2D eigenvalue weighted by atomic mass is 10.1. The molecule has 2 rings (SSSR count). The maximum Gasteiger partial charge on any atom is 0.233 e. The molecule has 0 aliphatic carbocycles. The Morgan fingerprint density at radius 2 is 1.89 bits per heavy atom. The van der Waals surface area contributed by atoms with Crippen LogP contribution in [0.4, 0.5) is 8.78 Å². The summed E-state index contributed by atoms with van der Waals surface area (Å²) in [6.45, 7) is 5.33. The fourth-order valence-corrected chi connectivity index (χ4v) is 1.88. The molecular formula is C13H15F2N3O. The molecule has 1 aromatic carbocycles. The van der Waals surface area contributed by atoms with Crippen LogP contribution in [0.25, 0.3) is 0 Å². The van der Waals surface area contributed by atoms with Gasteiger partial charge in [0, 0.05) is 24.6 Å². The van der Waals surface area contributed by atoms with Crippen LogP contribution in [0.5, 0.6) is 0 Å². The van der Waals surface area contributed by atoms with Crippen molar-refractivity contribution in [2.24, 2.45) is 0 Å². The molecule has 2 atom stereocenters. The summed E-state index contributed by atoms with van der Waals surface area (Å²) < 4.78 is 31.8. The molecule has 0 saturated heterocycles. The first-order valence-corrected chi connectivity index (χ1v) is 5.98. The van der Waals surface area contributed by atoms with E-state index in [0.717, 1.165) is 6.07 Å². The lowest BCUT2D eigenvalue weighted by Crippen LogP contribution is -2.23. The van der Waals surface area contributed by atoms with E-state index in [9.17, 15) is 8.78 Å². The summed E-state index contributed by atoms with van der Waals surface area (Å²) in [5.74, 6) is -0.251. The molecular weight excluding hydrogens is 252 g/mol. The van der Waals surface area contributed by atoms with Crippen LogP contribution < -0.4 is 5.32 Å². The number of nitrogens with zero attached hydrogens (tertiary/aromatic N) is 2. The van der Waals surface area contributed by atoms with Gasteiger partial charge in [-0.15, -0.1) is 10.2 Å². The minimum Gasteiger partial charge on any atom is -0.424 e. The molecule has 0 fully saturated rings. The second kappa shape index (κ2) is 5.44. The Labute approximate surface area is 109 Å². The van der Waals surface area contributed by atoms with Crippen LogP contribution in [-0.4, -0.2) is 10.2 Å². The van der Waals surface area contributed by atoms with Gasteiger partial charge in [-0.25, -0.2) is 8.78 Å². The van der Waals surface area contributed by atoms with Gasteiger partial charge in [0.2, 0.25) is 11.8 Å². The monoisotopic (exact) mass is 267 g/mol. The van der Waals surface area contributed by atoms with E-state index < -0.39 is 11.6 Å². The minimum absolute atomic E-state index is 0.222. The SMILES string of the molecule is Cc1nnc([C@@H](C)N[C@H](C)c2ccc(F)cc2F)o1. The Balaban J connectivity index is 2.10. The summed E-state index contributed by atoms with van der Waals surface area (Å²) in [5, 5.41) is 10.8. The Kier molecular flexibility index (Phi) is 3.90. The van der Waals surface area contributed by atoms with Crippen molar-refractivity contribution in [2.45, 2.75) is 32.9 Å². The van der Waals surface area contributed by atoms with Crippen LogP contribution in [0.15, 0.2) is 22.6 Å². The number of aryl methyl sites for hydroxylation is 1. The number of rotatable bonds is 4. The van der Waals surface area contributed by atoms with Gasteiger partial charge in [0.05, 0.1) is 6.04 Å². The van der Waals surface area contributed by atoms with Crippen molar-refractivity contribution >= 4 is 0 Å². The van der Waals surface area contributed by atoms with Gasteiger partial charge < -0.3 is 4.42 Å². The van der Waals surface area contributed by atoms with Gasteiger partial charge in [-0.2, -0.15) is 0 Å². The van der Waals surface area contributed by atoms with Crippen LogP contribution >= 0.6 is 0 Å². The zero-order valence-corrected chi connectivity index (χ0v) is 10.9. The highest BCUT2D eigenvalue weighted by Crippen LogP contribution is 2.21. The van der Waals surface area contributed by atoms with Gasteiger partial charge in [-0.3, -0.25) is 5.32 Å². The van der Waals surface area contributed by atoms with Gasteiger partial charge in [-0.1, -0.05) is 6.07 Å². The van der Waals surface area contributed by atoms with Crippen molar-refractivity contribution in [3.05, 3.63) is 47.2 Å². The quantitative estimate of drug-likeness (QED) is 0.925. The molecule has 0 saturated carbocycles. The molecule has 0 radical (unpaired) electrons. The van der Waals surface area contributed by atoms with Crippen LogP contribution in [-0.2, 0) is 0 Å². The van der Waals surface area contributed by atoms with Crippen LogP contribution in [0.3, 0.4) is 0 Å². The van der Waals surface area contributed by atoms with E-state index in [1.165, 1.54) is 12.1 Å². The van der Waals surface area contributed by atoms with E-state index in [4.69, 9.17) is 4.42 Å². The first-order chi connectivity index (χ1) is 8.97. The van der Waals surface area contributed by atoms with Gasteiger partial charge in [-0.05, 0) is 19.9 Å². The van der Waals surface area contributed by atoms with Crippen LogP contribution in [0, 0.1) is 18.6 Å². The lowest BCUT2D eigenvalue weighted by molar-refractivity contribution is 0.375.